The van der Waals surface area contributed by atoms with Crippen LogP contribution in [0.3, 0.4) is 0 Å². The summed E-state index contributed by atoms with van der Waals surface area (Å²) in [7, 11) is 0. The minimum atomic E-state index is 0.208. The zero-order valence-corrected chi connectivity index (χ0v) is 10.5. The number of fused-ring (bicyclic) bond motifs is 1. The van der Waals surface area contributed by atoms with Gasteiger partial charge in [0, 0.05) is 29.8 Å². The second-order valence-electron chi connectivity index (χ2n) is 6.07. The average molecular weight is 206 g/mol. The summed E-state index contributed by atoms with van der Waals surface area (Å²) in [4.78, 5) is 4.59. The smallest absolute Gasteiger partial charge is 0.109 e. The number of aromatic nitrogens is 2. The molecule has 0 aromatic carbocycles. The van der Waals surface area contributed by atoms with Gasteiger partial charge in [0.15, 0.2) is 0 Å². The maximum Gasteiger partial charge on any atom is 0.109 e. The van der Waals surface area contributed by atoms with Gasteiger partial charge in [-0.3, -0.25) is 0 Å². The fourth-order valence-corrected chi connectivity index (χ4v) is 2.68. The Morgan fingerprint density at radius 3 is 2.60 bits per heavy atom. The Hall–Kier alpha value is -0.790. The van der Waals surface area contributed by atoms with Crippen LogP contribution >= 0.6 is 0 Å². The van der Waals surface area contributed by atoms with Crippen molar-refractivity contribution in [2.24, 2.45) is 5.92 Å². The molecule has 2 nitrogen and oxygen atoms in total. The van der Waals surface area contributed by atoms with Crippen LogP contribution in [0.2, 0.25) is 0 Å². The van der Waals surface area contributed by atoms with Gasteiger partial charge in [0.25, 0.3) is 0 Å². The molecule has 0 aliphatic carbocycles. The van der Waals surface area contributed by atoms with E-state index in [0.29, 0.717) is 6.04 Å². The molecule has 2 rings (SSSR count). The molecule has 1 aliphatic rings. The van der Waals surface area contributed by atoms with Crippen LogP contribution in [-0.4, -0.2) is 9.55 Å². The molecule has 0 N–H and O–H groups in total. The van der Waals surface area contributed by atoms with Crippen LogP contribution in [0.25, 0.3) is 0 Å². The lowest BCUT2D eigenvalue weighted by atomic mass is 9.89. The van der Waals surface area contributed by atoms with Crippen LogP contribution in [0.5, 0.6) is 0 Å². The molecule has 0 bridgehead atoms. The van der Waals surface area contributed by atoms with Gasteiger partial charge in [0.05, 0.1) is 0 Å². The van der Waals surface area contributed by atoms with Crippen molar-refractivity contribution in [3.05, 3.63) is 17.7 Å². The molecule has 0 fully saturated rings. The molecule has 2 unspecified atom stereocenters. The van der Waals surface area contributed by atoms with E-state index in [0.717, 1.165) is 12.3 Å². The molecule has 1 aromatic heterocycles. The highest BCUT2D eigenvalue weighted by atomic mass is 15.1. The van der Waals surface area contributed by atoms with Crippen molar-refractivity contribution in [3.63, 3.8) is 0 Å². The Morgan fingerprint density at radius 1 is 1.33 bits per heavy atom. The summed E-state index contributed by atoms with van der Waals surface area (Å²) in [6, 6.07) is 0.612. The van der Waals surface area contributed by atoms with Gasteiger partial charge in [-0.1, -0.05) is 27.7 Å². The molecular formula is C13H22N2. The van der Waals surface area contributed by atoms with Crippen LogP contribution in [0, 0.1) is 5.92 Å². The Morgan fingerprint density at radius 2 is 2.00 bits per heavy atom. The molecule has 0 spiro atoms. The number of imidazole rings is 1. The number of nitrogens with zero attached hydrogens (tertiary/aromatic N) is 2. The highest BCUT2D eigenvalue weighted by Gasteiger charge is 2.28. The monoisotopic (exact) mass is 206 g/mol. The Bertz CT molecular complexity index is 357. The molecule has 0 amide bonds. The Balaban J connectivity index is 2.46. The predicted octanol–water partition coefficient (Wildman–Crippen LogP) is 3.32. The molecule has 1 aliphatic heterocycles. The van der Waals surface area contributed by atoms with Crippen molar-refractivity contribution < 1.29 is 0 Å². The van der Waals surface area contributed by atoms with Gasteiger partial charge in [-0.2, -0.15) is 0 Å². The first-order valence-electron chi connectivity index (χ1n) is 5.96. The zero-order chi connectivity index (χ0) is 11.2. The van der Waals surface area contributed by atoms with E-state index < -0.39 is 0 Å². The van der Waals surface area contributed by atoms with Gasteiger partial charge in [-0.05, 0) is 19.3 Å². The van der Waals surface area contributed by atoms with Crippen molar-refractivity contribution in [1.82, 2.24) is 9.55 Å². The van der Waals surface area contributed by atoms with Crippen molar-refractivity contribution >= 4 is 0 Å². The zero-order valence-electron chi connectivity index (χ0n) is 10.5. The normalized spacial score (nSPS) is 26.5. The molecule has 0 saturated carbocycles. The lowest BCUT2D eigenvalue weighted by molar-refractivity contribution is 0.324. The molecule has 0 saturated heterocycles. The van der Waals surface area contributed by atoms with Crippen LogP contribution in [0.4, 0.5) is 0 Å². The third kappa shape index (κ3) is 1.82. The maximum atomic E-state index is 4.59. The van der Waals surface area contributed by atoms with Crippen LogP contribution in [0.1, 0.15) is 58.6 Å². The molecule has 1 aromatic rings. The van der Waals surface area contributed by atoms with Gasteiger partial charge in [-0.25, -0.2) is 4.98 Å². The van der Waals surface area contributed by atoms with E-state index in [1.54, 1.807) is 0 Å². The molecule has 2 heteroatoms. The van der Waals surface area contributed by atoms with E-state index in [1.807, 2.05) is 0 Å². The van der Waals surface area contributed by atoms with Gasteiger partial charge in [0.1, 0.15) is 5.82 Å². The number of hydrogen-bond donors (Lipinski definition) is 0. The Labute approximate surface area is 92.7 Å². The third-order valence-corrected chi connectivity index (χ3v) is 3.36. The van der Waals surface area contributed by atoms with Crippen molar-refractivity contribution in [1.29, 1.82) is 0 Å². The first-order chi connectivity index (χ1) is 6.89. The van der Waals surface area contributed by atoms with Crippen molar-refractivity contribution in [3.8, 4) is 0 Å². The first kappa shape index (κ1) is 10.7. The summed E-state index contributed by atoms with van der Waals surface area (Å²) < 4.78 is 2.46. The van der Waals surface area contributed by atoms with E-state index in [1.165, 1.54) is 17.9 Å². The summed E-state index contributed by atoms with van der Waals surface area (Å²) in [6.07, 6.45) is 4.50. The van der Waals surface area contributed by atoms with E-state index >= 15 is 0 Å². The topological polar surface area (TPSA) is 17.8 Å². The fraction of sp³-hybridized carbons (Fsp3) is 0.769. The highest BCUT2D eigenvalue weighted by molar-refractivity contribution is 5.17. The third-order valence-electron chi connectivity index (χ3n) is 3.36. The quantitative estimate of drug-likeness (QED) is 0.636. The van der Waals surface area contributed by atoms with Gasteiger partial charge >= 0.3 is 0 Å². The van der Waals surface area contributed by atoms with Crippen molar-refractivity contribution in [2.75, 3.05) is 0 Å². The predicted molar refractivity (Wildman–Crippen MR) is 63.1 cm³/mol. The molecule has 0 radical (unpaired) electrons. The largest absolute Gasteiger partial charge is 0.329 e. The number of rotatable bonds is 0. The molecule has 2 heterocycles. The van der Waals surface area contributed by atoms with Crippen LogP contribution in [-0.2, 0) is 11.8 Å². The molecule has 2 atom stereocenters. The standard InChI is InChI=1S/C13H22N2/c1-9-6-10(2)15-11(13(3,4)5)8-14-12(15)7-9/h8-10H,6-7H2,1-5H3. The van der Waals surface area contributed by atoms with Gasteiger partial charge in [0.2, 0.25) is 0 Å². The second kappa shape index (κ2) is 3.36. The minimum absolute atomic E-state index is 0.208. The summed E-state index contributed by atoms with van der Waals surface area (Å²) in [5.74, 6) is 2.06. The summed E-state index contributed by atoms with van der Waals surface area (Å²) in [5, 5.41) is 0. The average Bonchev–Trinajstić information content (AvgIpc) is 2.45. The molecule has 84 valence electrons. The highest BCUT2D eigenvalue weighted by Crippen LogP contribution is 2.33. The van der Waals surface area contributed by atoms with E-state index in [-0.39, 0.29) is 5.41 Å². The van der Waals surface area contributed by atoms with E-state index in [2.05, 4.69) is 50.4 Å². The minimum Gasteiger partial charge on any atom is -0.329 e. The fourth-order valence-electron chi connectivity index (χ4n) is 2.68. The summed E-state index contributed by atoms with van der Waals surface area (Å²) >= 11 is 0. The second-order valence-corrected chi connectivity index (χ2v) is 6.07. The lowest BCUT2D eigenvalue weighted by Crippen LogP contribution is -2.26. The van der Waals surface area contributed by atoms with Gasteiger partial charge < -0.3 is 4.57 Å². The molecular weight excluding hydrogens is 184 g/mol. The Kier molecular flexibility index (Phi) is 2.40. The first-order valence-corrected chi connectivity index (χ1v) is 5.96. The summed E-state index contributed by atoms with van der Waals surface area (Å²) in [5.41, 5.74) is 1.59. The van der Waals surface area contributed by atoms with E-state index in [4.69, 9.17) is 0 Å². The van der Waals surface area contributed by atoms with Gasteiger partial charge in [-0.15, -0.1) is 0 Å². The number of hydrogen-bond acceptors (Lipinski definition) is 1. The molecule has 15 heavy (non-hydrogen) atoms. The maximum absolute atomic E-state index is 4.59. The van der Waals surface area contributed by atoms with Crippen LogP contribution in [0.15, 0.2) is 6.20 Å². The lowest BCUT2D eigenvalue weighted by Gasteiger charge is -2.31. The van der Waals surface area contributed by atoms with Crippen molar-refractivity contribution in [2.45, 2.75) is 58.9 Å². The van der Waals surface area contributed by atoms with Crippen LogP contribution < -0.4 is 0 Å². The SMILES string of the molecule is CC1Cc2ncc(C(C)(C)C)n2C(C)C1. The van der Waals surface area contributed by atoms with E-state index in [9.17, 15) is 0 Å². The summed E-state index contributed by atoms with van der Waals surface area (Å²) in [6.45, 7) is 11.4.